The average Bonchev–Trinajstić information content (AvgIpc) is 2.63. The molecule has 1 aliphatic rings. The predicted molar refractivity (Wildman–Crippen MR) is 94.7 cm³/mol. The summed E-state index contributed by atoms with van der Waals surface area (Å²) in [5.41, 5.74) is 0.996. The Morgan fingerprint density at radius 2 is 1.73 bits per heavy atom. The van der Waals surface area contributed by atoms with Gasteiger partial charge in [-0.05, 0) is 18.2 Å². The summed E-state index contributed by atoms with van der Waals surface area (Å²) in [6, 6.07) is 6.51. The van der Waals surface area contributed by atoms with Gasteiger partial charge in [-0.25, -0.2) is 13.1 Å². The average molecular weight is 377 g/mol. The predicted octanol–water partition coefficient (Wildman–Crippen LogP) is -0.591. The van der Waals surface area contributed by atoms with Crippen LogP contribution in [0, 0.1) is 0 Å². The summed E-state index contributed by atoms with van der Waals surface area (Å²) in [6.07, 6.45) is 4.40. The van der Waals surface area contributed by atoms with E-state index in [0.717, 1.165) is 16.5 Å². The van der Waals surface area contributed by atoms with Crippen LogP contribution in [0.3, 0.4) is 0 Å². The first-order valence-corrected chi connectivity index (χ1v) is 9.91. The van der Waals surface area contributed by atoms with Crippen molar-refractivity contribution >= 4 is 15.9 Å². The van der Waals surface area contributed by atoms with Crippen LogP contribution in [0.2, 0.25) is 0 Å². The van der Waals surface area contributed by atoms with E-state index in [1.807, 2.05) is 0 Å². The molecule has 1 amide bonds. The van der Waals surface area contributed by atoms with Crippen molar-refractivity contribution in [3.8, 4) is 11.3 Å². The van der Waals surface area contributed by atoms with E-state index in [9.17, 15) is 18.0 Å². The second-order valence-electron chi connectivity index (χ2n) is 5.99. The quantitative estimate of drug-likeness (QED) is 0.705. The molecule has 0 aliphatic carbocycles. The minimum atomic E-state index is -3.25. The SMILES string of the molecule is CS(=O)(=O)N1CCN(C(=O)Cn2nc(-c3ccncc3)ccc2=O)CC1. The molecule has 3 heterocycles. The summed E-state index contributed by atoms with van der Waals surface area (Å²) in [6.45, 7) is 0.917. The molecule has 0 unspecified atom stereocenters. The summed E-state index contributed by atoms with van der Waals surface area (Å²) < 4.78 is 25.5. The van der Waals surface area contributed by atoms with Crippen LogP contribution < -0.4 is 5.56 Å². The van der Waals surface area contributed by atoms with Crippen molar-refractivity contribution in [1.29, 1.82) is 0 Å². The topological polar surface area (TPSA) is 105 Å². The van der Waals surface area contributed by atoms with E-state index >= 15 is 0 Å². The van der Waals surface area contributed by atoms with E-state index in [1.165, 1.54) is 10.4 Å². The molecule has 0 spiro atoms. The Morgan fingerprint density at radius 3 is 2.35 bits per heavy atom. The van der Waals surface area contributed by atoms with Crippen molar-refractivity contribution < 1.29 is 13.2 Å². The molecule has 26 heavy (non-hydrogen) atoms. The number of pyridine rings is 1. The number of nitrogens with zero attached hydrogens (tertiary/aromatic N) is 5. The van der Waals surface area contributed by atoms with Crippen LogP contribution in [0.5, 0.6) is 0 Å². The first-order valence-electron chi connectivity index (χ1n) is 8.06. The van der Waals surface area contributed by atoms with Gasteiger partial charge in [-0.15, -0.1) is 0 Å². The highest BCUT2D eigenvalue weighted by Crippen LogP contribution is 2.13. The van der Waals surface area contributed by atoms with Gasteiger partial charge in [0.15, 0.2) is 0 Å². The lowest BCUT2D eigenvalue weighted by Gasteiger charge is -2.33. The third-order valence-corrected chi connectivity index (χ3v) is 5.49. The van der Waals surface area contributed by atoms with Gasteiger partial charge >= 0.3 is 0 Å². The molecule has 0 saturated carbocycles. The Labute approximate surface area is 150 Å². The van der Waals surface area contributed by atoms with Crippen molar-refractivity contribution in [3.05, 3.63) is 47.0 Å². The molecule has 1 saturated heterocycles. The summed E-state index contributed by atoms with van der Waals surface area (Å²) >= 11 is 0. The first-order chi connectivity index (χ1) is 12.3. The first kappa shape index (κ1) is 18.2. The maximum atomic E-state index is 12.5. The lowest BCUT2D eigenvalue weighted by atomic mass is 10.2. The third kappa shape index (κ3) is 4.14. The molecule has 0 radical (unpaired) electrons. The fourth-order valence-electron chi connectivity index (χ4n) is 2.74. The minimum absolute atomic E-state index is 0.184. The van der Waals surface area contributed by atoms with Gasteiger partial charge in [0.25, 0.3) is 5.56 Å². The van der Waals surface area contributed by atoms with Gasteiger partial charge in [-0.2, -0.15) is 9.40 Å². The third-order valence-electron chi connectivity index (χ3n) is 4.19. The van der Waals surface area contributed by atoms with Crippen LogP contribution in [0.1, 0.15) is 0 Å². The second kappa shape index (κ2) is 7.34. The maximum Gasteiger partial charge on any atom is 0.267 e. The van der Waals surface area contributed by atoms with Crippen LogP contribution in [0.25, 0.3) is 11.3 Å². The number of sulfonamides is 1. The van der Waals surface area contributed by atoms with Crippen LogP contribution in [0.15, 0.2) is 41.5 Å². The van der Waals surface area contributed by atoms with Crippen molar-refractivity contribution in [2.24, 2.45) is 0 Å². The van der Waals surface area contributed by atoms with Crippen LogP contribution in [-0.4, -0.2) is 70.7 Å². The van der Waals surface area contributed by atoms with Gasteiger partial charge < -0.3 is 4.90 Å². The number of aromatic nitrogens is 3. The minimum Gasteiger partial charge on any atom is -0.338 e. The summed E-state index contributed by atoms with van der Waals surface area (Å²) in [4.78, 5) is 30.0. The van der Waals surface area contributed by atoms with Crippen molar-refractivity contribution in [2.45, 2.75) is 6.54 Å². The van der Waals surface area contributed by atoms with E-state index in [0.29, 0.717) is 18.8 Å². The second-order valence-corrected chi connectivity index (χ2v) is 7.98. The van der Waals surface area contributed by atoms with E-state index in [-0.39, 0.29) is 31.1 Å². The number of piperazine rings is 1. The normalized spacial score (nSPS) is 15.8. The van der Waals surface area contributed by atoms with Gasteiger partial charge in [0, 0.05) is 50.2 Å². The Kier molecular flexibility index (Phi) is 5.14. The smallest absolute Gasteiger partial charge is 0.267 e. The summed E-state index contributed by atoms with van der Waals surface area (Å²) in [5.74, 6) is -0.264. The molecule has 138 valence electrons. The lowest BCUT2D eigenvalue weighted by Crippen LogP contribution is -2.51. The van der Waals surface area contributed by atoms with Crippen molar-refractivity contribution in [3.63, 3.8) is 0 Å². The number of hydrogen-bond donors (Lipinski definition) is 0. The van der Waals surface area contributed by atoms with Gasteiger partial charge in [-0.3, -0.25) is 14.6 Å². The molecule has 2 aromatic rings. The molecule has 0 atom stereocenters. The molecular formula is C16H19N5O4S. The molecular weight excluding hydrogens is 358 g/mol. The van der Waals surface area contributed by atoms with Crippen molar-refractivity contribution in [2.75, 3.05) is 32.4 Å². The summed E-state index contributed by atoms with van der Waals surface area (Å²) in [5, 5.41) is 4.25. The molecule has 9 nitrogen and oxygen atoms in total. The maximum absolute atomic E-state index is 12.5. The van der Waals surface area contributed by atoms with Crippen LogP contribution >= 0.6 is 0 Å². The fourth-order valence-corrected chi connectivity index (χ4v) is 3.56. The number of carbonyl (C=O) groups is 1. The number of rotatable bonds is 4. The molecule has 1 aliphatic heterocycles. The van der Waals surface area contributed by atoms with E-state index in [2.05, 4.69) is 10.1 Å². The Balaban J connectivity index is 1.71. The van der Waals surface area contributed by atoms with Gasteiger partial charge in [0.05, 0.1) is 11.9 Å². The van der Waals surface area contributed by atoms with Gasteiger partial charge in [0.2, 0.25) is 15.9 Å². The Bertz CT molecular complexity index is 950. The molecule has 0 N–H and O–H groups in total. The van der Waals surface area contributed by atoms with E-state index in [4.69, 9.17) is 0 Å². The largest absolute Gasteiger partial charge is 0.338 e. The van der Waals surface area contributed by atoms with Crippen LogP contribution in [-0.2, 0) is 21.4 Å². The summed E-state index contributed by atoms with van der Waals surface area (Å²) in [7, 11) is -3.25. The fraction of sp³-hybridized carbons (Fsp3) is 0.375. The van der Waals surface area contributed by atoms with E-state index < -0.39 is 10.0 Å². The monoisotopic (exact) mass is 377 g/mol. The van der Waals surface area contributed by atoms with Crippen LogP contribution in [0.4, 0.5) is 0 Å². The van der Waals surface area contributed by atoms with E-state index in [1.54, 1.807) is 35.5 Å². The zero-order valence-corrected chi connectivity index (χ0v) is 15.1. The molecule has 0 bridgehead atoms. The molecule has 10 heteroatoms. The highest BCUT2D eigenvalue weighted by Gasteiger charge is 2.26. The molecule has 0 aromatic carbocycles. The Morgan fingerprint density at radius 1 is 1.08 bits per heavy atom. The van der Waals surface area contributed by atoms with Crippen molar-refractivity contribution in [1.82, 2.24) is 24.0 Å². The zero-order valence-electron chi connectivity index (χ0n) is 14.3. The standard InChI is InChI=1S/C16H19N5O4S/c1-26(24,25)20-10-8-19(9-11-20)16(23)12-21-15(22)3-2-14(18-21)13-4-6-17-7-5-13/h2-7H,8-12H2,1H3. The number of amides is 1. The molecule has 2 aromatic heterocycles. The Hall–Kier alpha value is -2.59. The van der Waals surface area contributed by atoms with Gasteiger partial charge in [0.1, 0.15) is 6.54 Å². The molecule has 1 fully saturated rings. The van der Waals surface area contributed by atoms with Gasteiger partial charge in [-0.1, -0.05) is 0 Å². The molecule has 3 rings (SSSR count). The number of hydrogen-bond acceptors (Lipinski definition) is 6. The highest BCUT2D eigenvalue weighted by atomic mass is 32.2. The highest BCUT2D eigenvalue weighted by molar-refractivity contribution is 7.88. The zero-order chi connectivity index (χ0) is 18.7. The lowest BCUT2D eigenvalue weighted by molar-refractivity contribution is -0.133. The number of carbonyl (C=O) groups excluding carboxylic acids is 1.